The van der Waals surface area contributed by atoms with Crippen LogP contribution in [0.2, 0.25) is 0 Å². The van der Waals surface area contributed by atoms with E-state index in [1.54, 1.807) is 0 Å². The molecule has 0 spiro atoms. The van der Waals surface area contributed by atoms with Crippen molar-refractivity contribution in [1.82, 2.24) is 0 Å². The summed E-state index contributed by atoms with van der Waals surface area (Å²) in [7, 11) is 0. The predicted molar refractivity (Wildman–Crippen MR) is 353 cm³/mol. The van der Waals surface area contributed by atoms with Crippen molar-refractivity contribution in [3.63, 3.8) is 0 Å². The Bertz CT molecular complexity index is 1530. The summed E-state index contributed by atoms with van der Waals surface area (Å²) in [5, 5.41) is 0. The van der Waals surface area contributed by atoms with Crippen LogP contribution in [0.4, 0.5) is 0 Å². The van der Waals surface area contributed by atoms with E-state index in [9.17, 15) is 14.4 Å². The lowest BCUT2D eigenvalue weighted by Crippen LogP contribution is -2.30. The highest BCUT2D eigenvalue weighted by atomic mass is 16.6. The average Bonchev–Trinajstić information content (AvgIpc) is 3.47. The van der Waals surface area contributed by atoms with Crippen LogP contribution in [0.1, 0.15) is 355 Å². The van der Waals surface area contributed by atoms with Crippen LogP contribution in [0.3, 0.4) is 0 Å². The first kappa shape index (κ1) is 77.6. The standard InChI is InChI=1S/C75H132O6/c1-4-7-10-13-16-19-22-25-28-30-32-33-34-35-36-37-38-39-40-41-42-43-44-46-47-50-53-56-59-62-65-68-74(77)80-71-72(70-79-73(76)67-64-61-58-55-52-49-27-24-21-18-15-12-9-6-3)81-75(78)69-66-63-60-57-54-51-48-45-31-29-26-23-20-17-14-11-8-5-2/h7,10,16,19-20,23,25,28-29,31-33,35-36,72H,4-6,8-9,11-15,17-18,21-22,24,26-27,30,34,37-71H2,1-3H3/b10-7-,19-16-,23-20-,28-25-,31-29-,33-32-,36-35-. The van der Waals surface area contributed by atoms with E-state index in [1.165, 1.54) is 212 Å². The quantitative estimate of drug-likeness (QED) is 0.0261. The Kier molecular flexibility index (Phi) is 66.2. The van der Waals surface area contributed by atoms with Gasteiger partial charge in [-0.25, -0.2) is 0 Å². The van der Waals surface area contributed by atoms with Crippen LogP contribution in [0.15, 0.2) is 85.1 Å². The summed E-state index contributed by atoms with van der Waals surface area (Å²) in [5.74, 6) is -0.862. The van der Waals surface area contributed by atoms with Crippen LogP contribution < -0.4 is 0 Å². The van der Waals surface area contributed by atoms with Gasteiger partial charge in [0, 0.05) is 19.3 Å². The highest BCUT2D eigenvalue weighted by molar-refractivity contribution is 5.71. The number of rotatable bonds is 64. The Balaban J connectivity index is 4.23. The predicted octanol–water partition coefficient (Wildman–Crippen LogP) is 24.2. The van der Waals surface area contributed by atoms with Crippen LogP contribution in [-0.2, 0) is 28.6 Å². The van der Waals surface area contributed by atoms with Crippen molar-refractivity contribution in [2.24, 2.45) is 0 Å². The zero-order valence-electron chi connectivity index (χ0n) is 53.8. The smallest absolute Gasteiger partial charge is 0.306 e. The summed E-state index contributed by atoms with van der Waals surface area (Å²) in [6, 6.07) is 0. The van der Waals surface area contributed by atoms with E-state index in [0.29, 0.717) is 19.3 Å². The molecule has 0 saturated heterocycles. The fourth-order valence-electron chi connectivity index (χ4n) is 10.2. The van der Waals surface area contributed by atoms with Crippen LogP contribution in [-0.4, -0.2) is 37.2 Å². The number of ether oxygens (including phenoxy) is 3. The Labute approximate surface area is 503 Å². The van der Waals surface area contributed by atoms with Gasteiger partial charge in [-0.15, -0.1) is 0 Å². The average molecular weight is 1130 g/mol. The van der Waals surface area contributed by atoms with Crippen molar-refractivity contribution in [3.8, 4) is 0 Å². The zero-order valence-corrected chi connectivity index (χ0v) is 53.8. The van der Waals surface area contributed by atoms with Crippen LogP contribution in [0, 0.1) is 0 Å². The lowest BCUT2D eigenvalue weighted by molar-refractivity contribution is -0.167. The van der Waals surface area contributed by atoms with Crippen molar-refractivity contribution in [2.45, 2.75) is 361 Å². The second kappa shape index (κ2) is 69.1. The molecule has 0 heterocycles. The highest BCUT2D eigenvalue weighted by Crippen LogP contribution is 2.17. The third-order valence-electron chi connectivity index (χ3n) is 15.4. The molecule has 6 heteroatoms. The first-order valence-corrected chi connectivity index (χ1v) is 35.1. The van der Waals surface area contributed by atoms with Gasteiger partial charge < -0.3 is 14.2 Å². The second-order valence-electron chi connectivity index (χ2n) is 23.4. The largest absolute Gasteiger partial charge is 0.462 e. The van der Waals surface area contributed by atoms with Gasteiger partial charge in [0.25, 0.3) is 0 Å². The fraction of sp³-hybridized carbons (Fsp3) is 0.773. The van der Waals surface area contributed by atoms with E-state index in [-0.39, 0.29) is 31.1 Å². The zero-order chi connectivity index (χ0) is 58.5. The van der Waals surface area contributed by atoms with Gasteiger partial charge in [0.2, 0.25) is 0 Å². The second-order valence-corrected chi connectivity index (χ2v) is 23.4. The van der Waals surface area contributed by atoms with E-state index in [1.807, 2.05) is 0 Å². The summed E-state index contributed by atoms with van der Waals surface area (Å²) < 4.78 is 17.0. The third-order valence-corrected chi connectivity index (χ3v) is 15.4. The van der Waals surface area contributed by atoms with Crippen LogP contribution >= 0.6 is 0 Å². The van der Waals surface area contributed by atoms with Crippen molar-refractivity contribution in [1.29, 1.82) is 0 Å². The molecule has 1 atom stereocenters. The maximum absolute atomic E-state index is 12.9. The fourth-order valence-corrected chi connectivity index (χ4v) is 10.2. The van der Waals surface area contributed by atoms with E-state index in [4.69, 9.17) is 14.2 Å². The van der Waals surface area contributed by atoms with Crippen LogP contribution in [0.5, 0.6) is 0 Å². The Morgan fingerprint density at radius 3 is 0.765 bits per heavy atom. The van der Waals surface area contributed by atoms with Crippen molar-refractivity contribution in [3.05, 3.63) is 85.1 Å². The Morgan fingerprint density at radius 1 is 0.259 bits per heavy atom. The van der Waals surface area contributed by atoms with Gasteiger partial charge in [-0.05, 0) is 96.3 Å². The number of hydrogen-bond donors (Lipinski definition) is 0. The minimum absolute atomic E-state index is 0.0745. The molecule has 0 aliphatic heterocycles. The van der Waals surface area contributed by atoms with Gasteiger partial charge in [-0.2, -0.15) is 0 Å². The molecule has 81 heavy (non-hydrogen) atoms. The molecule has 6 nitrogen and oxygen atoms in total. The molecule has 0 bridgehead atoms. The molecule has 1 unspecified atom stereocenters. The summed E-state index contributed by atoms with van der Waals surface area (Å²) in [4.78, 5) is 38.4. The SMILES string of the molecule is CC/C=C\C/C=C\C/C=C\C/C=C\C/C=C\CCCCCCCCCCCCCCCCCC(=O)OCC(COC(=O)CCCCCCCCCCCCCCCC)OC(=O)CCCCCCCCC/C=C\C/C=C\CCCCCC. The molecule has 0 aliphatic carbocycles. The maximum atomic E-state index is 12.9. The molecule has 0 aliphatic rings. The maximum Gasteiger partial charge on any atom is 0.306 e. The lowest BCUT2D eigenvalue weighted by atomic mass is 10.0. The number of carbonyl (C=O) groups excluding carboxylic acids is 3. The Hall–Kier alpha value is -3.41. The molecular formula is C75H132O6. The van der Waals surface area contributed by atoms with Crippen molar-refractivity contribution in [2.75, 3.05) is 13.2 Å². The topological polar surface area (TPSA) is 78.9 Å². The summed E-state index contributed by atoms with van der Waals surface area (Å²) in [6.07, 6.45) is 91.8. The number of esters is 3. The molecule has 0 amide bonds. The third kappa shape index (κ3) is 67.3. The summed E-state index contributed by atoms with van der Waals surface area (Å²) in [5.41, 5.74) is 0. The molecule has 0 aromatic carbocycles. The monoisotopic (exact) mass is 1130 g/mol. The summed E-state index contributed by atoms with van der Waals surface area (Å²) in [6.45, 7) is 6.55. The molecule has 0 rings (SSSR count). The van der Waals surface area contributed by atoms with E-state index < -0.39 is 6.10 Å². The Morgan fingerprint density at radius 2 is 0.481 bits per heavy atom. The number of allylic oxidation sites excluding steroid dienone is 14. The normalized spacial score (nSPS) is 12.6. The van der Waals surface area contributed by atoms with Crippen molar-refractivity contribution >= 4 is 17.9 Å². The van der Waals surface area contributed by atoms with Gasteiger partial charge in [-0.1, -0.05) is 324 Å². The number of hydrogen-bond acceptors (Lipinski definition) is 6. The minimum atomic E-state index is -0.779. The van der Waals surface area contributed by atoms with E-state index >= 15 is 0 Å². The van der Waals surface area contributed by atoms with Gasteiger partial charge >= 0.3 is 17.9 Å². The van der Waals surface area contributed by atoms with E-state index in [2.05, 4.69) is 106 Å². The molecule has 0 radical (unpaired) electrons. The van der Waals surface area contributed by atoms with Crippen LogP contribution in [0.25, 0.3) is 0 Å². The molecule has 0 aromatic rings. The minimum Gasteiger partial charge on any atom is -0.462 e. The first-order valence-electron chi connectivity index (χ1n) is 35.1. The van der Waals surface area contributed by atoms with Gasteiger partial charge in [0.05, 0.1) is 0 Å². The molecule has 0 saturated carbocycles. The van der Waals surface area contributed by atoms with Gasteiger partial charge in [0.1, 0.15) is 13.2 Å². The van der Waals surface area contributed by atoms with E-state index in [0.717, 1.165) is 103 Å². The number of unbranched alkanes of at least 4 members (excludes halogenated alkanes) is 39. The van der Waals surface area contributed by atoms with Crippen molar-refractivity contribution < 1.29 is 28.6 Å². The molecular weight excluding hydrogens is 997 g/mol. The first-order chi connectivity index (χ1) is 40.0. The lowest BCUT2D eigenvalue weighted by Gasteiger charge is -2.18. The molecule has 468 valence electrons. The summed E-state index contributed by atoms with van der Waals surface area (Å²) >= 11 is 0. The highest BCUT2D eigenvalue weighted by Gasteiger charge is 2.19. The molecule has 0 N–H and O–H groups in total. The van der Waals surface area contributed by atoms with Gasteiger partial charge in [0.15, 0.2) is 6.10 Å². The molecule has 0 fully saturated rings. The number of carbonyl (C=O) groups is 3. The van der Waals surface area contributed by atoms with Gasteiger partial charge in [-0.3, -0.25) is 14.4 Å². The molecule has 0 aromatic heterocycles.